The molecule has 0 amide bonds. The van der Waals surface area contributed by atoms with Crippen molar-refractivity contribution in [3.05, 3.63) is 20.8 Å². The third-order valence-corrected chi connectivity index (χ3v) is 5.60. The molecule has 94 valence electrons. The van der Waals surface area contributed by atoms with Crippen LogP contribution in [-0.2, 0) is 0 Å². The monoisotopic (exact) mass is 314 g/mol. The van der Waals surface area contributed by atoms with Crippen molar-refractivity contribution >= 4 is 27.3 Å². The molecule has 2 aliphatic rings. The van der Waals surface area contributed by atoms with Crippen LogP contribution in [0.5, 0.6) is 0 Å². The lowest BCUT2D eigenvalue weighted by molar-refractivity contribution is 0.276. The van der Waals surface area contributed by atoms with E-state index in [1.54, 1.807) is 0 Å². The zero-order valence-corrected chi connectivity index (χ0v) is 12.6. The van der Waals surface area contributed by atoms with Crippen molar-refractivity contribution in [3.8, 4) is 0 Å². The predicted molar refractivity (Wildman–Crippen MR) is 76.5 cm³/mol. The maximum absolute atomic E-state index is 3.69. The van der Waals surface area contributed by atoms with Crippen LogP contribution in [0.3, 0.4) is 0 Å². The maximum atomic E-state index is 3.69. The standard InChI is InChI=1S/C13H19BrN2S/c1-16-7-6-9(8-15-10-2-3-10)13(16)11-4-5-12(14)17-11/h4-5,9-10,13,15H,2-3,6-8H2,1H3. The SMILES string of the molecule is CN1CCC(CNC2CC2)C1c1ccc(Br)s1. The van der Waals surface area contributed by atoms with Gasteiger partial charge in [0.2, 0.25) is 0 Å². The van der Waals surface area contributed by atoms with Gasteiger partial charge in [-0.15, -0.1) is 11.3 Å². The van der Waals surface area contributed by atoms with Gasteiger partial charge in [-0.25, -0.2) is 0 Å². The third kappa shape index (κ3) is 2.75. The van der Waals surface area contributed by atoms with E-state index in [-0.39, 0.29) is 0 Å². The summed E-state index contributed by atoms with van der Waals surface area (Å²) in [5.41, 5.74) is 0. The Balaban J connectivity index is 1.69. The Hall–Kier alpha value is 0.1000. The van der Waals surface area contributed by atoms with Crippen molar-refractivity contribution in [2.24, 2.45) is 5.92 Å². The molecule has 2 atom stereocenters. The molecule has 1 aliphatic heterocycles. The lowest BCUT2D eigenvalue weighted by Gasteiger charge is -2.24. The van der Waals surface area contributed by atoms with Crippen LogP contribution in [0.4, 0.5) is 0 Å². The fourth-order valence-electron chi connectivity index (χ4n) is 2.78. The molecule has 0 bridgehead atoms. The minimum atomic E-state index is 0.623. The first-order chi connectivity index (χ1) is 8.24. The topological polar surface area (TPSA) is 15.3 Å². The van der Waals surface area contributed by atoms with Crippen LogP contribution >= 0.6 is 27.3 Å². The van der Waals surface area contributed by atoms with Crippen LogP contribution in [-0.4, -0.2) is 31.1 Å². The van der Waals surface area contributed by atoms with E-state index < -0.39 is 0 Å². The molecule has 17 heavy (non-hydrogen) atoms. The normalized spacial score (nSPS) is 30.0. The van der Waals surface area contributed by atoms with E-state index in [2.05, 4.69) is 45.3 Å². The van der Waals surface area contributed by atoms with Crippen LogP contribution in [0.2, 0.25) is 0 Å². The minimum absolute atomic E-state index is 0.623. The molecule has 1 N–H and O–H groups in total. The van der Waals surface area contributed by atoms with Crippen molar-refractivity contribution in [3.63, 3.8) is 0 Å². The van der Waals surface area contributed by atoms with Crippen molar-refractivity contribution < 1.29 is 0 Å². The van der Waals surface area contributed by atoms with Crippen LogP contribution in [0.25, 0.3) is 0 Å². The quantitative estimate of drug-likeness (QED) is 0.917. The number of likely N-dealkylation sites (tertiary alicyclic amines) is 1. The van der Waals surface area contributed by atoms with E-state index in [1.807, 2.05) is 11.3 Å². The summed E-state index contributed by atoms with van der Waals surface area (Å²) in [6.07, 6.45) is 4.10. The summed E-state index contributed by atoms with van der Waals surface area (Å²) >= 11 is 5.47. The highest BCUT2D eigenvalue weighted by molar-refractivity contribution is 9.11. The Labute approximate surface area is 116 Å². The Kier molecular flexibility index (Phi) is 3.57. The number of thiophene rings is 1. The molecule has 2 fully saturated rings. The molecule has 2 unspecified atom stereocenters. The Morgan fingerprint density at radius 2 is 2.24 bits per heavy atom. The first-order valence-electron chi connectivity index (χ1n) is 6.43. The van der Waals surface area contributed by atoms with Crippen molar-refractivity contribution in [2.75, 3.05) is 20.1 Å². The average molecular weight is 315 g/mol. The van der Waals surface area contributed by atoms with Gasteiger partial charge in [0.1, 0.15) is 0 Å². The summed E-state index contributed by atoms with van der Waals surface area (Å²) in [4.78, 5) is 4.02. The Morgan fingerprint density at radius 1 is 1.41 bits per heavy atom. The van der Waals surface area contributed by atoms with Gasteiger partial charge in [0.15, 0.2) is 0 Å². The number of halogens is 1. The molecule has 3 rings (SSSR count). The highest BCUT2D eigenvalue weighted by Crippen LogP contribution is 2.40. The molecule has 1 aromatic rings. The second kappa shape index (κ2) is 5.00. The highest BCUT2D eigenvalue weighted by atomic mass is 79.9. The molecular formula is C13H19BrN2S. The van der Waals surface area contributed by atoms with Gasteiger partial charge in [-0.1, -0.05) is 0 Å². The van der Waals surface area contributed by atoms with Crippen LogP contribution in [0.15, 0.2) is 15.9 Å². The summed E-state index contributed by atoms with van der Waals surface area (Å²) in [6.45, 7) is 2.42. The second-order valence-electron chi connectivity index (χ2n) is 5.30. The smallest absolute Gasteiger partial charge is 0.0701 e. The van der Waals surface area contributed by atoms with Crippen LogP contribution in [0.1, 0.15) is 30.2 Å². The molecule has 1 saturated carbocycles. The Bertz CT molecular complexity index is 389. The molecule has 0 radical (unpaired) electrons. The van der Waals surface area contributed by atoms with Gasteiger partial charge in [-0.2, -0.15) is 0 Å². The molecule has 1 aromatic heterocycles. The van der Waals surface area contributed by atoms with Gasteiger partial charge in [-0.05, 0) is 66.8 Å². The van der Waals surface area contributed by atoms with E-state index in [1.165, 1.54) is 41.0 Å². The summed E-state index contributed by atoms with van der Waals surface area (Å²) in [7, 11) is 2.26. The number of hydrogen-bond donors (Lipinski definition) is 1. The molecule has 0 spiro atoms. The van der Waals surface area contributed by atoms with Crippen LogP contribution in [0, 0.1) is 5.92 Å². The van der Waals surface area contributed by atoms with Gasteiger partial charge in [0.25, 0.3) is 0 Å². The number of rotatable bonds is 4. The largest absolute Gasteiger partial charge is 0.314 e. The summed E-state index contributed by atoms with van der Waals surface area (Å²) in [5, 5.41) is 3.69. The number of nitrogens with one attached hydrogen (secondary N) is 1. The maximum Gasteiger partial charge on any atom is 0.0701 e. The van der Waals surface area contributed by atoms with Crippen LogP contribution < -0.4 is 5.32 Å². The lowest BCUT2D eigenvalue weighted by atomic mass is 9.99. The van der Waals surface area contributed by atoms with Gasteiger partial charge < -0.3 is 5.32 Å². The van der Waals surface area contributed by atoms with E-state index in [0.717, 1.165) is 12.0 Å². The zero-order valence-electron chi connectivity index (χ0n) is 10.2. The van der Waals surface area contributed by atoms with Gasteiger partial charge in [0, 0.05) is 23.5 Å². The molecule has 2 heterocycles. The van der Waals surface area contributed by atoms with E-state index in [4.69, 9.17) is 0 Å². The van der Waals surface area contributed by atoms with E-state index in [9.17, 15) is 0 Å². The molecule has 1 saturated heterocycles. The average Bonchev–Trinajstić information content (AvgIpc) is 2.93. The van der Waals surface area contributed by atoms with Gasteiger partial charge in [-0.3, -0.25) is 4.90 Å². The molecule has 2 nitrogen and oxygen atoms in total. The minimum Gasteiger partial charge on any atom is -0.314 e. The summed E-state index contributed by atoms with van der Waals surface area (Å²) < 4.78 is 1.25. The first-order valence-corrected chi connectivity index (χ1v) is 8.04. The first kappa shape index (κ1) is 12.2. The van der Waals surface area contributed by atoms with E-state index in [0.29, 0.717) is 6.04 Å². The highest BCUT2D eigenvalue weighted by Gasteiger charge is 2.34. The number of hydrogen-bond acceptors (Lipinski definition) is 3. The predicted octanol–water partition coefficient (Wildman–Crippen LogP) is 3.26. The van der Waals surface area contributed by atoms with Crippen molar-refractivity contribution in [1.82, 2.24) is 10.2 Å². The fourth-order valence-corrected chi connectivity index (χ4v) is 4.47. The molecule has 4 heteroatoms. The van der Waals surface area contributed by atoms with Crippen molar-refractivity contribution in [1.29, 1.82) is 0 Å². The van der Waals surface area contributed by atoms with Gasteiger partial charge in [0.05, 0.1) is 3.79 Å². The van der Waals surface area contributed by atoms with Crippen molar-refractivity contribution in [2.45, 2.75) is 31.3 Å². The lowest BCUT2D eigenvalue weighted by Crippen LogP contribution is -2.29. The Morgan fingerprint density at radius 3 is 2.88 bits per heavy atom. The third-order valence-electron chi connectivity index (χ3n) is 3.91. The molecule has 1 aliphatic carbocycles. The van der Waals surface area contributed by atoms with E-state index >= 15 is 0 Å². The number of nitrogens with zero attached hydrogens (tertiary/aromatic N) is 1. The fraction of sp³-hybridized carbons (Fsp3) is 0.692. The molecule has 0 aromatic carbocycles. The summed E-state index contributed by atoms with van der Waals surface area (Å²) in [5.74, 6) is 0.783. The zero-order chi connectivity index (χ0) is 11.8. The summed E-state index contributed by atoms with van der Waals surface area (Å²) in [6, 6.07) is 5.91. The van der Waals surface area contributed by atoms with Gasteiger partial charge >= 0.3 is 0 Å². The second-order valence-corrected chi connectivity index (χ2v) is 7.79. The molecular weight excluding hydrogens is 296 g/mol.